The molecule has 0 spiro atoms. The summed E-state index contributed by atoms with van der Waals surface area (Å²) in [5.74, 6) is 0. The van der Waals surface area contributed by atoms with Crippen LogP contribution in [0.25, 0.3) is 0 Å². The monoisotopic (exact) mass is 176 g/mol. The molecule has 0 aromatic rings. The molecule has 0 radical (unpaired) electrons. The van der Waals surface area contributed by atoms with Gasteiger partial charge in [0.25, 0.3) is 0 Å². The minimum atomic E-state index is -0.0584. The molecule has 0 saturated carbocycles. The molecule has 0 rings (SSSR count). The summed E-state index contributed by atoms with van der Waals surface area (Å²) < 4.78 is 5.36. The fraction of sp³-hybridized carbons (Fsp3) is 0.875. The molecule has 0 fully saturated rings. The second-order valence-electron chi connectivity index (χ2n) is 2.61. The molecule has 0 aliphatic heterocycles. The van der Waals surface area contributed by atoms with Crippen molar-refractivity contribution < 1.29 is 9.53 Å². The molecule has 2 nitrogen and oxygen atoms in total. The Morgan fingerprint density at radius 3 is 2.73 bits per heavy atom. The SMILES string of the molecule is CCCOC(C)CCC(=O)S. The maximum Gasteiger partial charge on any atom is 0.186 e. The summed E-state index contributed by atoms with van der Waals surface area (Å²) in [6.45, 7) is 4.82. The largest absolute Gasteiger partial charge is 0.379 e. The summed E-state index contributed by atoms with van der Waals surface area (Å²) >= 11 is 3.67. The van der Waals surface area contributed by atoms with E-state index in [-0.39, 0.29) is 11.2 Å². The molecule has 3 heteroatoms. The second-order valence-corrected chi connectivity index (χ2v) is 3.11. The highest BCUT2D eigenvalue weighted by molar-refractivity contribution is 7.96. The van der Waals surface area contributed by atoms with Gasteiger partial charge in [0.2, 0.25) is 0 Å². The Balaban J connectivity index is 3.22. The van der Waals surface area contributed by atoms with Crippen LogP contribution >= 0.6 is 12.6 Å². The number of hydrogen-bond acceptors (Lipinski definition) is 2. The van der Waals surface area contributed by atoms with E-state index in [2.05, 4.69) is 19.6 Å². The van der Waals surface area contributed by atoms with Crippen molar-refractivity contribution in [3.63, 3.8) is 0 Å². The van der Waals surface area contributed by atoms with Gasteiger partial charge in [-0.1, -0.05) is 6.92 Å². The van der Waals surface area contributed by atoms with E-state index >= 15 is 0 Å². The lowest BCUT2D eigenvalue weighted by Crippen LogP contribution is -2.09. The van der Waals surface area contributed by atoms with Crippen molar-refractivity contribution in [1.29, 1.82) is 0 Å². The molecule has 1 unspecified atom stereocenters. The fourth-order valence-electron chi connectivity index (χ4n) is 0.729. The summed E-state index contributed by atoms with van der Waals surface area (Å²) in [4.78, 5) is 10.4. The summed E-state index contributed by atoms with van der Waals surface area (Å²) in [5, 5.41) is -0.0584. The predicted octanol–water partition coefficient (Wildman–Crippen LogP) is 2.04. The van der Waals surface area contributed by atoms with Crippen molar-refractivity contribution in [2.75, 3.05) is 6.61 Å². The van der Waals surface area contributed by atoms with Crippen LogP contribution in [0.3, 0.4) is 0 Å². The van der Waals surface area contributed by atoms with Crippen LogP contribution in [0.4, 0.5) is 0 Å². The van der Waals surface area contributed by atoms with Crippen LogP contribution in [0.2, 0.25) is 0 Å². The third kappa shape index (κ3) is 7.88. The average molecular weight is 176 g/mol. The van der Waals surface area contributed by atoms with Crippen LogP contribution in [0.1, 0.15) is 33.1 Å². The van der Waals surface area contributed by atoms with Gasteiger partial charge in [-0.15, -0.1) is 12.6 Å². The molecule has 0 bridgehead atoms. The van der Waals surface area contributed by atoms with Crippen molar-refractivity contribution in [2.45, 2.75) is 39.2 Å². The Hall–Kier alpha value is -0.0200. The number of ether oxygens (including phenoxy) is 1. The lowest BCUT2D eigenvalue weighted by molar-refractivity contribution is -0.111. The zero-order valence-corrected chi connectivity index (χ0v) is 8.06. The van der Waals surface area contributed by atoms with Gasteiger partial charge in [0.1, 0.15) is 0 Å². The van der Waals surface area contributed by atoms with Gasteiger partial charge in [0.15, 0.2) is 5.12 Å². The molecule has 11 heavy (non-hydrogen) atoms. The number of rotatable bonds is 6. The van der Waals surface area contributed by atoms with E-state index in [0.717, 1.165) is 19.4 Å². The lowest BCUT2D eigenvalue weighted by atomic mass is 10.2. The number of carbonyl (C=O) groups is 1. The van der Waals surface area contributed by atoms with Crippen molar-refractivity contribution in [1.82, 2.24) is 0 Å². The normalized spacial score (nSPS) is 13.0. The minimum Gasteiger partial charge on any atom is -0.379 e. The smallest absolute Gasteiger partial charge is 0.186 e. The summed E-state index contributed by atoms with van der Waals surface area (Å²) in [6.07, 6.45) is 2.50. The predicted molar refractivity (Wildman–Crippen MR) is 48.9 cm³/mol. The first-order valence-electron chi connectivity index (χ1n) is 4.00. The molecule has 0 saturated heterocycles. The number of carbonyl (C=O) groups excluding carboxylic acids is 1. The van der Waals surface area contributed by atoms with Gasteiger partial charge < -0.3 is 4.74 Å². The lowest BCUT2D eigenvalue weighted by Gasteiger charge is -2.10. The second kappa shape index (κ2) is 6.68. The first kappa shape index (κ1) is 11.0. The fourth-order valence-corrected chi connectivity index (χ4v) is 0.858. The van der Waals surface area contributed by atoms with Gasteiger partial charge in [-0.25, -0.2) is 0 Å². The average Bonchev–Trinajstić information content (AvgIpc) is 1.97. The third-order valence-electron chi connectivity index (χ3n) is 1.37. The molecule has 0 aromatic carbocycles. The summed E-state index contributed by atoms with van der Waals surface area (Å²) in [7, 11) is 0. The zero-order valence-electron chi connectivity index (χ0n) is 7.17. The Kier molecular flexibility index (Phi) is 6.66. The molecule has 1 atom stereocenters. The maximum absolute atomic E-state index is 10.4. The highest BCUT2D eigenvalue weighted by Crippen LogP contribution is 2.03. The van der Waals surface area contributed by atoms with Crippen LogP contribution in [0.15, 0.2) is 0 Å². The van der Waals surface area contributed by atoms with E-state index in [1.165, 1.54) is 0 Å². The summed E-state index contributed by atoms with van der Waals surface area (Å²) in [6, 6.07) is 0. The van der Waals surface area contributed by atoms with Gasteiger partial charge in [-0.3, -0.25) is 4.79 Å². The van der Waals surface area contributed by atoms with E-state index in [4.69, 9.17) is 4.74 Å². The Morgan fingerprint density at radius 1 is 1.64 bits per heavy atom. The topological polar surface area (TPSA) is 26.3 Å². The summed E-state index contributed by atoms with van der Waals surface area (Å²) in [5.41, 5.74) is 0. The van der Waals surface area contributed by atoms with Crippen molar-refractivity contribution in [3.8, 4) is 0 Å². The molecule has 0 aliphatic carbocycles. The first-order chi connectivity index (χ1) is 5.16. The number of hydrogen-bond donors (Lipinski definition) is 1. The molecule has 0 aromatic heterocycles. The van der Waals surface area contributed by atoms with Gasteiger partial charge in [0.05, 0.1) is 6.10 Å². The molecule has 0 heterocycles. The molecule has 0 amide bonds. The molecular weight excluding hydrogens is 160 g/mol. The zero-order chi connectivity index (χ0) is 8.69. The van der Waals surface area contributed by atoms with Crippen LogP contribution < -0.4 is 0 Å². The van der Waals surface area contributed by atoms with E-state index < -0.39 is 0 Å². The molecule has 0 aliphatic rings. The standard InChI is InChI=1S/C8H16O2S/c1-3-6-10-7(2)4-5-8(9)11/h7H,3-6H2,1-2H3,(H,9,11). The van der Waals surface area contributed by atoms with Crippen molar-refractivity contribution in [2.24, 2.45) is 0 Å². The highest BCUT2D eigenvalue weighted by Gasteiger charge is 2.02. The van der Waals surface area contributed by atoms with E-state index in [1.807, 2.05) is 6.92 Å². The highest BCUT2D eigenvalue weighted by atomic mass is 32.1. The van der Waals surface area contributed by atoms with Gasteiger partial charge in [0, 0.05) is 13.0 Å². The maximum atomic E-state index is 10.4. The van der Waals surface area contributed by atoms with Crippen LogP contribution in [0, 0.1) is 0 Å². The van der Waals surface area contributed by atoms with Crippen molar-refractivity contribution >= 4 is 17.7 Å². The van der Waals surface area contributed by atoms with Crippen LogP contribution in [0.5, 0.6) is 0 Å². The number of thiol groups is 1. The first-order valence-corrected chi connectivity index (χ1v) is 4.45. The molecule has 66 valence electrons. The molecular formula is C8H16O2S. The van der Waals surface area contributed by atoms with E-state index in [9.17, 15) is 4.79 Å². The Labute approximate surface area is 73.7 Å². The van der Waals surface area contributed by atoms with E-state index in [1.54, 1.807) is 0 Å². The van der Waals surface area contributed by atoms with Gasteiger partial charge >= 0.3 is 0 Å². The van der Waals surface area contributed by atoms with Crippen LogP contribution in [-0.4, -0.2) is 17.8 Å². The Bertz CT molecular complexity index is 115. The molecule has 0 N–H and O–H groups in total. The van der Waals surface area contributed by atoms with Crippen LogP contribution in [-0.2, 0) is 9.53 Å². The minimum absolute atomic E-state index is 0.0584. The quantitative estimate of drug-likeness (QED) is 0.627. The van der Waals surface area contributed by atoms with Gasteiger partial charge in [-0.05, 0) is 19.8 Å². The van der Waals surface area contributed by atoms with Crippen molar-refractivity contribution in [3.05, 3.63) is 0 Å². The Morgan fingerprint density at radius 2 is 2.27 bits per heavy atom. The van der Waals surface area contributed by atoms with E-state index in [0.29, 0.717) is 6.42 Å². The van der Waals surface area contributed by atoms with Gasteiger partial charge in [-0.2, -0.15) is 0 Å². The third-order valence-corrected chi connectivity index (χ3v) is 1.59.